The fourth-order valence-corrected chi connectivity index (χ4v) is 3.68. The second kappa shape index (κ2) is 6.78. The summed E-state index contributed by atoms with van der Waals surface area (Å²) in [5.41, 5.74) is 3.40. The quantitative estimate of drug-likeness (QED) is 0.932. The molecule has 4 rings (SSSR count). The zero-order chi connectivity index (χ0) is 17.2. The first-order chi connectivity index (χ1) is 12.2. The summed E-state index contributed by atoms with van der Waals surface area (Å²) in [7, 11) is 0. The molecule has 1 aliphatic heterocycles. The third-order valence-electron chi connectivity index (χ3n) is 5.14. The van der Waals surface area contributed by atoms with Gasteiger partial charge in [-0.15, -0.1) is 5.10 Å². The van der Waals surface area contributed by atoms with Crippen LogP contribution in [0.25, 0.3) is 0 Å². The van der Waals surface area contributed by atoms with Crippen LogP contribution in [0.3, 0.4) is 0 Å². The minimum atomic E-state index is 0.0287. The van der Waals surface area contributed by atoms with Crippen molar-refractivity contribution in [3.8, 4) is 0 Å². The Morgan fingerprint density at radius 1 is 1.20 bits per heavy atom. The van der Waals surface area contributed by atoms with Gasteiger partial charge in [-0.2, -0.15) is 5.10 Å². The van der Waals surface area contributed by atoms with E-state index in [1.807, 2.05) is 25.1 Å². The van der Waals surface area contributed by atoms with Crippen LogP contribution in [0.4, 0.5) is 11.6 Å². The number of piperidine rings is 1. The molecule has 130 valence electrons. The van der Waals surface area contributed by atoms with Gasteiger partial charge in [0.1, 0.15) is 5.82 Å². The Balaban J connectivity index is 1.35. The summed E-state index contributed by atoms with van der Waals surface area (Å²) in [6.45, 7) is 3.60. The molecular formula is C19H23N5O. The third-order valence-corrected chi connectivity index (χ3v) is 5.14. The predicted octanol–water partition coefficient (Wildman–Crippen LogP) is 2.52. The van der Waals surface area contributed by atoms with Crippen molar-refractivity contribution in [1.82, 2.24) is 15.2 Å². The summed E-state index contributed by atoms with van der Waals surface area (Å²) < 4.78 is 0. The number of aryl methyl sites for hydroxylation is 3. The van der Waals surface area contributed by atoms with Crippen molar-refractivity contribution in [3.63, 3.8) is 0 Å². The van der Waals surface area contributed by atoms with Gasteiger partial charge in [-0.1, -0.05) is 6.07 Å². The number of amides is 1. The summed E-state index contributed by atoms with van der Waals surface area (Å²) >= 11 is 0. The van der Waals surface area contributed by atoms with Gasteiger partial charge in [0.15, 0.2) is 5.82 Å². The van der Waals surface area contributed by atoms with E-state index in [-0.39, 0.29) is 11.8 Å². The van der Waals surface area contributed by atoms with E-state index in [0.29, 0.717) is 5.82 Å². The van der Waals surface area contributed by atoms with Crippen molar-refractivity contribution in [2.75, 3.05) is 23.3 Å². The highest BCUT2D eigenvalue weighted by Gasteiger charge is 2.26. The fourth-order valence-electron chi connectivity index (χ4n) is 3.68. The highest BCUT2D eigenvalue weighted by Crippen LogP contribution is 2.26. The Morgan fingerprint density at radius 3 is 2.84 bits per heavy atom. The number of pyridine rings is 1. The lowest BCUT2D eigenvalue weighted by Gasteiger charge is -2.32. The Kier molecular flexibility index (Phi) is 4.34. The van der Waals surface area contributed by atoms with E-state index in [9.17, 15) is 4.79 Å². The molecule has 2 aromatic heterocycles. The molecule has 0 aromatic carbocycles. The maximum absolute atomic E-state index is 12.5. The zero-order valence-corrected chi connectivity index (χ0v) is 14.5. The average molecular weight is 337 g/mol. The van der Waals surface area contributed by atoms with Crippen LogP contribution in [0.5, 0.6) is 0 Å². The van der Waals surface area contributed by atoms with E-state index >= 15 is 0 Å². The molecule has 3 heterocycles. The van der Waals surface area contributed by atoms with Crippen LogP contribution in [0.15, 0.2) is 24.3 Å². The first-order valence-electron chi connectivity index (χ1n) is 9.04. The lowest BCUT2D eigenvalue weighted by atomic mass is 9.96. The molecule has 0 bridgehead atoms. The van der Waals surface area contributed by atoms with E-state index in [1.54, 1.807) is 0 Å². The molecule has 2 aromatic rings. The number of aromatic nitrogens is 3. The monoisotopic (exact) mass is 337 g/mol. The van der Waals surface area contributed by atoms with Crippen LogP contribution in [0.2, 0.25) is 0 Å². The molecule has 6 nitrogen and oxygen atoms in total. The predicted molar refractivity (Wildman–Crippen MR) is 96.6 cm³/mol. The van der Waals surface area contributed by atoms with E-state index in [4.69, 9.17) is 0 Å². The van der Waals surface area contributed by atoms with Crippen molar-refractivity contribution >= 4 is 17.5 Å². The van der Waals surface area contributed by atoms with E-state index < -0.39 is 0 Å². The molecule has 1 amide bonds. The van der Waals surface area contributed by atoms with Crippen LogP contribution in [0.1, 0.15) is 36.2 Å². The van der Waals surface area contributed by atoms with Crippen LogP contribution >= 0.6 is 0 Å². The van der Waals surface area contributed by atoms with Crippen LogP contribution in [-0.2, 0) is 17.6 Å². The minimum absolute atomic E-state index is 0.0287. The molecular weight excluding hydrogens is 314 g/mol. The molecule has 0 spiro atoms. The second-order valence-corrected chi connectivity index (χ2v) is 6.94. The maximum atomic E-state index is 12.5. The average Bonchev–Trinajstić information content (AvgIpc) is 3.09. The Morgan fingerprint density at radius 2 is 2.04 bits per heavy atom. The van der Waals surface area contributed by atoms with Gasteiger partial charge in [-0.3, -0.25) is 4.79 Å². The first-order valence-corrected chi connectivity index (χ1v) is 9.04. The molecule has 2 aliphatic rings. The molecule has 6 heteroatoms. The number of hydrogen-bond acceptors (Lipinski definition) is 5. The minimum Gasteiger partial charge on any atom is -0.355 e. The molecule has 1 aliphatic carbocycles. The molecule has 1 N–H and O–H groups in total. The summed E-state index contributed by atoms with van der Waals surface area (Å²) in [5.74, 6) is 1.69. The standard InChI is InChI=1S/C19H23N5O/c1-13-4-2-7-17(20-13)21-19(25)14-8-10-24(11-9-14)18-12-15-5-3-6-16(15)22-23-18/h2,4,7,12,14H,3,5-6,8-11H2,1H3,(H,20,21,25). The van der Waals surface area contributed by atoms with Gasteiger partial charge in [0.2, 0.25) is 5.91 Å². The molecule has 0 unspecified atom stereocenters. The smallest absolute Gasteiger partial charge is 0.228 e. The second-order valence-electron chi connectivity index (χ2n) is 6.94. The van der Waals surface area contributed by atoms with Crippen LogP contribution < -0.4 is 10.2 Å². The summed E-state index contributed by atoms with van der Waals surface area (Å²) in [6, 6.07) is 7.85. The topological polar surface area (TPSA) is 71.0 Å². The van der Waals surface area contributed by atoms with Crippen molar-refractivity contribution in [3.05, 3.63) is 41.2 Å². The van der Waals surface area contributed by atoms with Gasteiger partial charge in [0.05, 0.1) is 5.69 Å². The van der Waals surface area contributed by atoms with Crippen LogP contribution in [-0.4, -0.2) is 34.2 Å². The van der Waals surface area contributed by atoms with E-state index in [1.165, 1.54) is 12.0 Å². The number of carbonyl (C=O) groups is 1. The summed E-state index contributed by atoms with van der Waals surface area (Å²) in [6.07, 6.45) is 5.01. The molecule has 25 heavy (non-hydrogen) atoms. The van der Waals surface area contributed by atoms with Gasteiger partial charge in [-0.25, -0.2) is 4.98 Å². The van der Waals surface area contributed by atoms with E-state index in [0.717, 1.165) is 56.0 Å². The molecule has 1 fully saturated rings. The van der Waals surface area contributed by atoms with Crippen molar-refractivity contribution < 1.29 is 4.79 Å². The molecule has 1 saturated heterocycles. The van der Waals surface area contributed by atoms with Gasteiger partial charge >= 0.3 is 0 Å². The molecule has 0 saturated carbocycles. The molecule has 0 atom stereocenters. The maximum Gasteiger partial charge on any atom is 0.228 e. The highest BCUT2D eigenvalue weighted by molar-refractivity contribution is 5.91. The van der Waals surface area contributed by atoms with Gasteiger partial charge in [-0.05, 0) is 62.8 Å². The summed E-state index contributed by atoms with van der Waals surface area (Å²) in [4.78, 5) is 19.1. The number of rotatable bonds is 3. The lowest BCUT2D eigenvalue weighted by Crippen LogP contribution is -2.38. The van der Waals surface area contributed by atoms with Crippen molar-refractivity contribution in [1.29, 1.82) is 0 Å². The largest absolute Gasteiger partial charge is 0.355 e. The number of hydrogen-bond donors (Lipinski definition) is 1. The molecule has 0 radical (unpaired) electrons. The highest BCUT2D eigenvalue weighted by atomic mass is 16.1. The number of anilines is 2. The Bertz CT molecular complexity index is 783. The SMILES string of the molecule is Cc1cccc(NC(=O)C2CCN(c3cc4c(nn3)CCC4)CC2)n1. The van der Waals surface area contributed by atoms with E-state index in [2.05, 4.69) is 31.5 Å². The Labute approximate surface area is 147 Å². The van der Waals surface area contributed by atoms with Crippen molar-refractivity contribution in [2.45, 2.75) is 39.0 Å². The van der Waals surface area contributed by atoms with Gasteiger partial charge in [0.25, 0.3) is 0 Å². The first kappa shape index (κ1) is 16.0. The van der Waals surface area contributed by atoms with Crippen molar-refractivity contribution in [2.24, 2.45) is 5.92 Å². The normalized spacial score (nSPS) is 17.4. The van der Waals surface area contributed by atoms with Crippen LogP contribution in [0, 0.1) is 12.8 Å². The Hall–Kier alpha value is -2.50. The fraction of sp³-hybridized carbons (Fsp3) is 0.474. The zero-order valence-electron chi connectivity index (χ0n) is 14.5. The lowest BCUT2D eigenvalue weighted by molar-refractivity contribution is -0.120. The van der Waals surface area contributed by atoms with Gasteiger partial charge in [0, 0.05) is 24.7 Å². The third kappa shape index (κ3) is 3.48. The van der Waals surface area contributed by atoms with Gasteiger partial charge < -0.3 is 10.2 Å². The number of fused-ring (bicyclic) bond motifs is 1. The number of carbonyl (C=O) groups excluding carboxylic acids is 1. The summed E-state index contributed by atoms with van der Waals surface area (Å²) in [5, 5.41) is 11.7. The number of nitrogens with one attached hydrogen (secondary N) is 1. The number of nitrogens with zero attached hydrogens (tertiary/aromatic N) is 4.